The van der Waals surface area contributed by atoms with E-state index in [1.54, 1.807) is 14.2 Å². The largest absolute Gasteiger partial charge is 0.496 e. The Bertz CT molecular complexity index is 462. The quantitative estimate of drug-likeness (QED) is 0.833. The molecule has 4 heteroatoms. The van der Waals surface area contributed by atoms with Crippen LogP contribution in [0.5, 0.6) is 11.5 Å². The van der Waals surface area contributed by atoms with E-state index in [2.05, 4.69) is 4.98 Å². The van der Waals surface area contributed by atoms with Crippen molar-refractivity contribution in [3.63, 3.8) is 0 Å². The summed E-state index contributed by atoms with van der Waals surface area (Å²) in [5.74, 6) is 1.61. The van der Waals surface area contributed by atoms with Crippen LogP contribution in [0, 0.1) is 0 Å². The molecule has 0 amide bonds. The molecule has 1 unspecified atom stereocenters. The van der Waals surface area contributed by atoms with Gasteiger partial charge in [0, 0.05) is 17.1 Å². The standard InChI is InChI=1S/C12H16N2O2/c1-7(13)9-6-8-10(15-2)4-5-11(16-3)12(8)14-9/h4-7,14H,13H2,1-3H3. The highest BCUT2D eigenvalue weighted by atomic mass is 16.5. The summed E-state index contributed by atoms with van der Waals surface area (Å²) in [5.41, 5.74) is 7.74. The highest BCUT2D eigenvalue weighted by Gasteiger charge is 2.12. The zero-order valence-electron chi connectivity index (χ0n) is 9.70. The number of H-pyrrole nitrogens is 1. The maximum atomic E-state index is 5.85. The van der Waals surface area contributed by atoms with Gasteiger partial charge in [-0.1, -0.05) is 0 Å². The van der Waals surface area contributed by atoms with Gasteiger partial charge in [0.1, 0.15) is 11.5 Å². The Morgan fingerprint density at radius 1 is 1.19 bits per heavy atom. The van der Waals surface area contributed by atoms with Crippen LogP contribution in [0.15, 0.2) is 18.2 Å². The molecule has 0 radical (unpaired) electrons. The number of fused-ring (bicyclic) bond motifs is 1. The van der Waals surface area contributed by atoms with Crippen molar-refractivity contribution in [3.8, 4) is 11.5 Å². The van der Waals surface area contributed by atoms with Crippen molar-refractivity contribution in [2.75, 3.05) is 14.2 Å². The molecule has 3 N–H and O–H groups in total. The maximum absolute atomic E-state index is 5.85. The average Bonchev–Trinajstić information content (AvgIpc) is 2.72. The minimum atomic E-state index is -0.0400. The smallest absolute Gasteiger partial charge is 0.143 e. The molecule has 0 bridgehead atoms. The van der Waals surface area contributed by atoms with E-state index in [0.717, 1.165) is 28.1 Å². The summed E-state index contributed by atoms with van der Waals surface area (Å²) in [4.78, 5) is 3.26. The molecule has 4 nitrogen and oxygen atoms in total. The molecule has 1 heterocycles. The summed E-state index contributed by atoms with van der Waals surface area (Å²) >= 11 is 0. The van der Waals surface area contributed by atoms with Crippen LogP contribution >= 0.6 is 0 Å². The zero-order valence-corrected chi connectivity index (χ0v) is 9.70. The summed E-state index contributed by atoms with van der Waals surface area (Å²) in [5, 5.41) is 0.995. The number of rotatable bonds is 3. The number of hydrogen-bond acceptors (Lipinski definition) is 3. The lowest BCUT2D eigenvalue weighted by atomic mass is 10.2. The molecule has 0 spiro atoms. The van der Waals surface area contributed by atoms with E-state index in [4.69, 9.17) is 15.2 Å². The number of nitrogens with one attached hydrogen (secondary N) is 1. The second-order valence-electron chi connectivity index (χ2n) is 3.77. The van der Waals surface area contributed by atoms with Gasteiger partial charge in [0.05, 0.1) is 19.7 Å². The Morgan fingerprint density at radius 3 is 2.38 bits per heavy atom. The minimum absolute atomic E-state index is 0.0400. The van der Waals surface area contributed by atoms with E-state index in [0.29, 0.717) is 0 Å². The molecule has 0 fully saturated rings. The van der Waals surface area contributed by atoms with Crippen molar-refractivity contribution in [2.45, 2.75) is 13.0 Å². The summed E-state index contributed by atoms with van der Waals surface area (Å²) in [6.07, 6.45) is 0. The monoisotopic (exact) mass is 220 g/mol. The van der Waals surface area contributed by atoms with Gasteiger partial charge in [-0.2, -0.15) is 0 Å². The molecule has 1 atom stereocenters. The molecule has 0 saturated heterocycles. The van der Waals surface area contributed by atoms with Gasteiger partial charge in [0.15, 0.2) is 0 Å². The van der Waals surface area contributed by atoms with Crippen molar-refractivity contribution in [1.29, 1.82) is 0 Å². The topological polar surface area (TPSA) is 60.3 Å². The Morgan fingerprint density at radius 2 is 1.81 bits per heavy atom. The van der Waals surface area contributed by atoms with Crippen LogP contribution in [0.25, 0.3) is 10.9 Å². The summed E-state index contributed by atoms with van der Waals surface area (Å²) < 4.78 is 10.6. The average molecular weight is 220 g/mol. The van der Waals surface area contributed by atoms with Crippen LogP contribution in [0.4, 0.5) is 0 Å². The maximum Gasteiger partial charge on any atom is 0.143 e. The van der Waals surface area contributed by atoms with Crippen molar-refractivity contribution < 1.29 is 9.47 Å². The van der Waals surface area contributed by atoms with E-state index < -0.39 is 0 Å². The minimum Gasteiger partial charge on any atom is -0.496 e. The van der Waals surface area contributed by atoms with Crippen LogP contribution in [-0.4, -0.2) is 19.2 Å². The van der Waals surface area contributed by atoms with Crippen molar-refractivity contribution in [1.82, 2.24) is 4.98 Å². The highest BCUT2D eigenvalue weighted by molar-refractivity contribution is 5.91. The number of hydrogen-bond donors (Lipinski definition) is 2. The van der Waals surface area contributed by atoms with Crippen LogP contribution in [-0.2, 0) is 0 Å². The molecule has 2 rings (SSSR count). The second kappa shape index (κ2) is 4.06. The van der Waals surface area contributed by atoms with Gasteiger partial charge in [-0.05, 0) is 25.1 Å². The fourth-order valence-electron chi connectivity index (χ4n) is 1.78. The SMILES string of the molecule is COc1ccc(OC)c2[nH]c(C(C)N)cc12. The number of aromatic nitrogens is 1. The van der Waals surface area contributed by atoms with Crippen molar-refractivity contribution in [2.24, 2.45) is 5.73 Å². The fraction of sp³-hybridized carbons (Fsp3) is 0.333. The molecule has 86 valence electrons. The van der Waals surface area contributed by atoms with Gasteiger partial charge in [0.25, 0.3) is 0 Å². The van der Waals surface area contributed by atoms with Crippen LogP contribution in [0.1, 0.15) is 18.7 Å². The van der Waals surface area contributed by atoms with Gasteiger partial charge in [-0.15, -0.1) is 0 Å². The zero-order chi connectivity index (χ0) is 11.7. The van der Waals surface area contributed by atoms with Gasteiger partial charge in [0.2, 0.25) is 0 Å². The Balaban J connectivity index is 2.70. The fourth-order valence-corrected chi connectivity index (χ4v) is 1.78. The van der Waals surface area contributed by atoms with E-state index in [1.165, 1.54) is 0 Å². The van der Waals surface area contributed by atoms with Crippen molar-refractivity contribution in [3.05, 3.63) is 23.9 Å². The van der Waals surface area contributed by atoms with E-state index >= 15 is 0 Å². The molecule has 0 saturated carbocycles. The van der Waals surface area contributed by atoms with E-state index in [9.17, 15) is 0 Å². The Labute approximate surface area is 94.3 Å². The van der Waals surface area contributed by atoms with Gasteiger partial charge >= 0.3 is 0 Å². The number of aromatic amines is 1. The van der Waals surface area contributed by atoms with Crippen LogP contribution < -0.4 is 15.2 Å². The first kappa shape index (κ1) is 10.8. The first-order chi connectivity index (χ1) is 7.67. The Hall–Kier alpha value is -1.68. The van der Waals surface area contributed by atoms with Crippen molar-refractivity contribution >= 4 is 10.9 Å². The molecule has 16 heavy (non-hydrogen) atoms. The van der Waals surface area contributed by atoms with Crippen LogP contribution in [0.2, 0.25) is 0 Å². The summed E-state index contributed by atoms with van der Waals surface area (Å²) in [6.45, 7) is 1.93. The third-order valence-corrected chi connectivity index (χ3v) is 2.67. The number of methoxy groups -OCH3 is 2. The summed E-state index contributed by atoms with van der Waals surface area (Å²) in [7, 11) is 3.30. The lowest BCUT2D eigenvalue weighted by Gasteiger charge is -2.05. The summed E-state index contributed by atoms with van der Waals surface area (Å²) in [6, 6.07) is 5.73. The van der Waals surface area contributed by atoms with E-state index in [1.807, 2.05) is 25.1 Å². The molecule has 0 aliphatic carbocycles. The molecule has 0 aliphatic rings. The van der Waals surface area contributed by atoms with Crippen LogP contribution in [0.3, 0.4) is 0 Å². The number of benzene rings is 1. The number of nitrogens with two attached hydrogens (primary N) is 1. The third kappa shape index (κ3) is 1.61. The van der Waals surface area contributed by atoms with Gasteiger partial charge in [-0.25, -0.2) is 0 Å². The first-order valence-corrected chi connectivity index (χ1v) is 5.16. The molecular weight excluding hydrogens is 204 g/mol. The number of ether oxygens (including phenoxy) is 2. The normalized spacial score (nSPS) is 12.8. The van der Waals surface area contributed by atoms with Gasteiger partial charge < -0.3 is 20.2 Å². The molecule has 2 aromatic rings. The first-order valence-electron chi connectivity index (χ1n) is 5.16. The molecule has 1 aromatic heterocycles. The highest BCUT2D eigenvalue weighted by Crippen LogP contribution is 2.34. The molecular formula is C12H16N2O2. The lowest BCUT2D eigenvalue weighted by molar-refractivity contribution is 0.410. The Kier molecular flexibility index (Phi) is 2.75. The molecule has 1 aromatic carbocycles. The van der Waals surface area contributed by atoms with E-state index in [-0.39, 0.29) is 6.04 Å². The predicted octanol–water partition coefficient (Wildman–Crippen LogP) is 2.20. The molecule has 0 aliphatic heterocycles. The van der Waals surface area contributed by atoms with Gasteiger partial charge in [-0.3, -0.25) is 0 Å². The lowest BCUT2D eigenvalue weighted by Crippen LogP contribution is -2.04. The predicted molar refractivity (Wildman–Crippen MR) is 64.0 cm³/mol. The second-order valence-corrected chi connectivity index (χ2v) is 3.77. The third-order valence-electron chi connectivity index (χ3n) is 2.67.